The Hall–Kier alpha value is -0.990. The predicted molar refractivity (Wildman–Crippen MR) is 58.0 cm³/mol. The van der Waals surface area contributed by atoms with Gasteiger partial charge in [-0.3, -0.25) is 0 Å². The van der Waals surface area contributed by atoms with E-state index in [1.165, 1.54) is 25.7 Å². The lowest BCUT2D eigenvalue weighted by Gasteiger charge is -2.27. The van der Waals surface area contributed by atoms with Crippen LogP contribution < -0.4 is 5.73 Å². The number of nitrogen functional groups attached to an aromatic ring is 1. The highest BCUT2D eigenvalue weighted by molar-refractivity contribution is 5.30. The second-order valence-electron chi connectivity index (χ2n) is 4.58. The van der Waals surface area contributed by atoms with Crippen molar-refractivity contribution in [1.82, 2.24) is 9.78 Å². The quantitative estimate of drug-likeness (QED) is 0.744. The van der Waals surface area contributed by atoms with Gasteiger partial charge in [-0.2, -0.15) is 5.10 Å². The highest BCUT2D eigenvalue weighted by Crippen LogP contribution is 2.33. The maximum Gasteiger partial charge on any atom is 0.122 e. The second-order valence-corrected chi connectivity index (χ2v) is 4.58. The largest absolute Gasteiger partial charge is 0.384 e. The molecule has 1 aromatic rings. The maximum absolute atomic E-state index is 5.92. The van der Waals surface area contributed by atoms with Gasteiger partial charge in [-0.1, -0.05) is 19.8 Å². The van der Waals surface area contributed by atoms with Crippen LogP contribution in [-0.2, 0) is 0 Å². The van der Waals surface area contributed by atoms with Crippen molar-refractivity contribution in [3.05, 3.63) is 11.8 Å². The molecule has 0 amide bonds. The Kier molecular flexibility index (Phi) is 2.48. The molecule has 14 heavy (non-hydrogen) atoms. The molecule has 1 heterocycles. The first-order valence-corrected chi connectivity index (χ1v) is 5.48. The smallest absolute Gasteiger partial charge is 0.122 e. The first kappa shape index (κ1) is 9.56. The van der Waals surface area contributed by atoms with E-state index in [0.717, 1.165) is 17.4 Å². The molecule has 2 rings (SSSR count). The summed E-state index contributed by atoms with van der Waals surface area (Å²) in [5, 5.41) is 4.46. The third kappa shape index (κ3) is 1.76. The molecular formula is C11H19N3. The molecule has 2 atom stereocenters. The van der Waals surface area contributed by atoms with Crippen molar-refractivity contribution in [2.45, 2.75) is 45.6 Å². The molecule has 1 aromatic heterocycles. The summed E-state index contributed by atoms with van der Waals surface area (Å²) in [6.45, 7) is 4.32. The topological polar surface area (TPSA) is 43.8 Å². The maximum atomic E-state index is 5.92. The van der Waals surface area contributed by atoms with E-state index in [1.807, 2.05) is 17.7 Å². The fourth-order valence-corrected chi connectivity index (χ4v) is 2.45. The van der Waals surface area contributed by atoms with E-state index in [-0.39, 0.29) is 0 Å². The van der Waals surface area contributed by atoms with Crippen molar-refractivity contribution in [2.75, 3.05) is 5.73 Å². The van der Waals surface area contributed by atoms with Gasteiger partial charge in [0.25, 0.3) is 0 Å². The Morgan fingerprint density at radius 1 is 1.50 bits per heavy atom. The van der Waals surface area contributed by atoms with Crippen LogP contribution in [0.5, 0.6) is 0 Å². The molecular weight excluding hydrogens is 174 g/mol. The first-order valence-electron chi connectivity index (χ1n) is 5.48. The number of nitrogens with zero attached hydrogens (tertiary/aromatic N) is 2. The van der Waals surface area contributed by atoms with Crippen LogP contribution in [0.25, 0.3) is 0 Å². The van der Waals surface area contributed by atoms with Crippen LogP contribution in [0.3, 0.4) is 0 Å². The Morgan fingerprint density at radius 3 is 2.86 bits per heavy atom. The summed E-state index contributed by atoms with van der Waals surface area (Å²) in [4.78, 5) is 0. The van der Waals surface area contributed by atoms with Crippen LogP contribution in [0.2, 0.25) is 0 Å². The normalized spacial score (nSPS) is 27.9. The molecule has 2 unspecified atom stereocenters. The molecule has 0 radical (unpaired) electrons. The molecule has 2 N–H and O–H groups in total. The van der Waals surface area contributed by atoms with E-state index in [2.05, 4.69) is 12.0 Å². The van der Waals surface area contributed by atoms with Crippen LogP contribution in [0.1, 0.15) is 44.3 Å². The summed E-state index contributed by atoms with van der Waals surface area (Å²) in [5.74, 6) is 1.64. The minimum absolute atomic E-state index is 0.535. The summed E-state index contributed by atoms with van der Waals surface area (Å²) in [6.07, 6.45) is 5.13. The van der Waals surface area contributed by atoms with Crippen molar-refractivity contribution in [3.63, 3.8) is 0 Å². The monoisotopic (exact) mass is 193 g/mol. The lowest BCUT2D eigenvalue weighted by Crippen LogP contribution is -2.20. The van der Waals surface area contributed by atoms with Crippen LogP contribution in [0.15, 0.2) is 6.07 Å². The molecule has 1 saturated carbocycles. The van der Waals surface area contributed by atoms with Gasteiger partial charge in [0.1, 0.15) is 5.82 Å². The SMILES string of the molecule is Cc1cc(N)n(C2CCCC(C)C2)n1. The summed E-state index contributed by atoms with van der Waals surface area (Å²) in [6, 6.07) is 2.49. The number of hydrogen-bond donors (Lipinski definition) is 1. The number of hydrogen-bond acceptors (Lipinski definition) is 2. The van der Waals surface area contributed by atoms with E-state index in [1.54, 1.807) is 0 Å². The van der Waals surface area contributed by atoms with Crippen molar-refractivity contribution in [1.29, 1.82) is 0 Å². The van der Waals surface area contributed by atoms with Gasteiger partial charge >= 0.3 is 0 Å². The zero-order valence-corrected chi connectivity index (χ0v) is 9.03. The van der Waals surface area contributed by atoms with Gasteiger partial charge in [0.2, 0.25) is 0 Å². The van der Waals surface area contributed by atoms with Crippen LogP contribution in [0, 0.1) is 12.8 Å². The van der Waals surface area contributed by atoms with Gasteiger partial charge in [-0.25, -0.2) is 4.68 Å². The average molecular weight is 193 g/mol. The van der Waals surface area contributed by atoms with E-state index in [9.17, 15) is 0 Å². The van der Waals surface area contributed by atoms with Gasteiger partial charge < -0.3 is 5.73 Å². The second kappa shape index (κ2) is 3.64. The van der Waals surface area contributed by atoms with Crippen molar-refractivity contribution >= 4 is 5.82 Å². The minimum atomic E-state index is 0.535. The number of aromatic nitrogens is 2. The van der Waals surface area contributed by atoms with E-state index in [0.29, 0.717) is 6.04 Å². The van der Waals surface area contributed by atoms with Crippen LogP contribution >= 0.6 is 0 Å². The zero-order valence-electron chi connectivity index (χ0n) is 9.03. The van der Waals surface area contributed by atoms with Gasteiger partial charge in [-0.15, -0.1) is 0 Å². The zero-order chi connectivity index (χ0) is 10.1. The van der Waals surface area contributed by atoms with E-state index < -0.39 is 0 Å². The lowest BCUT2D eigenvalue weighted by molar-refractivity contribution is 0.268. The summed E-state index contributed by atoms with van der Waals surface area (Å²) < 4.78 is 2.02. The van der Waals surface area contributed by atoms with Gasteiger partial charge in [0.15, 0.2) is 0 Å². The number of aryl methyl sites for hydroxylation is 1. The lowest BCUT2D eigenvalue weighted by atomic mass is 9.87. The molecule has 3 heteroatoms. The van der Waals surface area contributed by atoms with E-state index >= 15 is 0 Å². The molecule has 3 nitrogen and oxygen atoms in total. The third-order valence-electron chi connectivity index (χ3n) is 3.14. The number of rotatable bonds is 1. The highest BCUT2D eigenvalue weighted by Gasteiger charge is 2.22. The molecule has 0 saturated heterocycles. The summed E-state index contributed by atoms with van der Waals surface area (Å²) in [7, 11) is 0. The fraction of sp³-hybridized carbons (Fsp3) is 0.727. The molecule has 1 aliphatic carbocycles. The summed E-state index contributed by atoms with van der Waals surface area (Å²) in [5.41, 5.74) is 6.95. The van der Waals surface area contributed by atoms with Gasteiger partial charge in [0.05, 0.1) is 11.7 Å². The molecule has 0 spiro atoms. The standard InChI is InChI=1S/C11H19N3/c1-8-4-3-5-10(6-8)14-11(12)7-9(2)13-14/h7-8,10H,3-6,12H2,1-2H3. The predicted octanol–water partition coefficient (Wildman–Crippen LogP) is 2.52. The molecule has 0 aliphatic heterocycles. The molecule has 1 fully saturated rings. The molecule has 0 bridgehead atoms. The molecule has 0 aromatic carbocycles. The van der Waals surface area contributed by atoms with Gasteiger partial charge in [0, 0.05) is 6.07 Å². The Bertz CT molecular complexity index is 316. The van der Waals surface area contributed by atoms with Gasteiger partial charge in [-0.05, 0) is 25.7 Å². The molecule has 1 aliphatic rings. The van der Waals surface area contributed by atoms with Crippen molar-refractivity contribution < 1.29 is 0 Å². The van der Waals surface area contributed by atoms with Crippen molar-refractivity contribution in [3.8, 4) is 0 Å². The fourth-order valence-electron chi connectivity index (χ4n) is 2.45. The minimum Gasteiger partial charge on any atom is -0.384 e. The number of anilines is 1. The first-order chi connectivity index (χ1) is 6.66. The molecule has 78 valence electrons. The van der Waals surface area contributed by atoms with Crippen LogP contribution in [0.4, 0.5) is 5.82 Å². The van der Waals surface area contributed by atoms with Crippen molar-refractivity contribution in [2.24, 2.45) is 5.92 Å². The number of nitrogens with two attached hydrogens (primary N) is 1. The highest BCUT2D eigenvalue weighted by atomic mass is 15.3. The summed E-state index contributed by atoms with van der Waals surface area (Å²) >= 11 is 0. The Balaban J connectivity index is 2.17. The van der Waals surface area contributed by atoms with E-state index in [4.69, 9.17) is 5.73 Å². The Labute approximate surface area is 85.3 Å². The third-order valence-corrected chi connectivity index (χ3v) is 3.14. The average Bonchev–Trinajstić information content (AvgIpc) is 2.45. The van der Waals surface area contributed by atoms with Crippen LogP contribution in [-0.4, -0.2) is 9.78 Å². The Morgan fingerprint density at radius 2 is 2.29 bits per heavy atom.